The van der Waals surface area contributed by atoms with E-state index in [0.717, 1.165) is 17.5 Å². The van der Waals surface area contributed by atoms with Crippen molar-refractivity contribution in [3.63, 3.8) is 0 Å². The van der Waals surface area contributed by atoms with Crippen molar-refractivity contribution >= 4 is 11.9 Å². The molecule has 6 nitrogen and oxygen atoms in total. The fraction of sp³-hybridized carbons (Fsp3) is 0.278. The highest BCUT2D eigenvalue weighted by Gasteiger charge is 2.22. The Bertz CT molecular complexity index is 621. The third kappa shape index (κ3) is 5.14. The van der Waals surface area contributed by atoms with Crippen LogP contribution in [0, 0.1) is 0 Å². The normalized spacial score (nSPS) is 15.2. The lowest BCUT2D eigenvalue weighted by Gasteiger charge is -2.22. The molecule has 0 aliphatic carbocycles. The fourth-order valence-electron chi connectivity index (χ4n) is 2.13. The standard InChI is InChI=1S/C18H22N2O4/c21-13-17(23)18(24)16(22)11-19-20(15-9-5-2-6-10-15)12-14-7-3-1-4-8-14/h1-11,16-18,21-24H,12-13H2/t16-,17-,18+/m1/s1. The van der Waals surface area contributed by atoms with E-state index in [0.29, 0.717) is 6.54 Å². The minimum Gasteiger partial charge on any atom is -0.394 e. The Balaban J connectivity index is 2.15. The van der Waals surface area contributed by atoms with Crippen molar-refractivity contribution in [2.45, 2.75) is 24.9 Å². The van der Waals surface area contributed by atoms with E-state index in [1.165, 1.54) is 0 Å². The Morgan fingerprint density at radius 1 is 0.917 bits per heavy atom. The number of hydrogen-bond acceptors (Lipinski definition) is 6. The monoisotopic (exact) mass is 330 g/mol. The summed E-state index contributed by atoms with van der Waals surface area (Å²) in [7, 11) is 0. The van der Waals surface area contributed by atoms with Crippen LogP contribution in [0.1, 0.15) is 5.56 Å². The number of rotatable bonds is 8. The van der Waals surface area contributed by atoms with E-state index in [4.69, 9.17) is 5.11 Å². The van der Waals surface area contributed by atoms with Gasteiger partial charge in [0.15, 0.2) is 0 Å². The number of anilines is 1. The van der Waals surface area contributed by atoms with Crippen LogP contribution in [0.25, 0.3) is 0 Å². The molecule has 0 unspecified atom stereocenters. The summed E-state index contributed by atoms with van der Waals surface area (Å²) in [4.78, 5) is 0. The minimum atomic E-state index is -1.51. The van der Waals surface area contributed by atoms with Gasteiger partial charge in [-0.2, -0.15) is 5.10 Å². The molecular formula is C18H22N2O4. The van der Waals surface area contributed by atoms with E-state index in [1.807, 2.05) is 60.7 Å². The van der Waals surface area contributed by atoms with Gasteiger partial charge in [0.2, 0.25) is 0 Å². The molecule has 128 valence electrons. The van der Waals surface area contributed by atoms with Crippen LogP contribution >= 0.6 is 0 Å². The van der Waals surface area contributed by atoms with Crippen LogP contribution in [0.4, 0.5) is 5.69 Å². The summed E-state index contributed by atoms with van der Waals surface area (Å²) in [5.74, 6) is 0. The van der Waals surface area contributed by atoms with Gasteiger partial charge >= 0.3 is 0 Å². The summed E-state index contributed by atoms with van der Waals surface area (Å²) >= 11 is 0. The summed E-state index contributed by atoms with van der Waals surface area (Å²) in [6.07, 6.45) is -3.17. The van der Waals surface area contributed by atoms with Gasteiger partial charge in [-0.25, -0.2) is 0 Å². The largest absolute Gasteiger partial charge is 0.394 e. The van der Waals surface area contributed by atoms with Crippen molar-refractivity contribution in [1.82, 2.24) is 0 Å². The molecular weight excluding hydrogens is 308 g/mol. The molecule has 2 aromatic carbocycles. The third-order valence-electron chi connectivity index (χ3n) is 3.52. The van der Waals surface area contributed by atoms with Crippen molar-refractivity contribution in [1.29, 1.82) is 0 Å². The van der Waals surface area contributed by atoms with E-state index >= 15 is 0 Å². The molecule has 0 saturated heterocycles. The highest BCUT2D eigenvalue weighted by Crippen LogP contribution is 2.17. The molecule has 0 saturated carbocycles. The Morgan fingerprint density at radius 2 is 1.50 bits per heavy atom. The lowest BCUT2D eigenvalue weighted by molar-refractivity contribution is -0.0541. The average Bonchev–Trinajstić information content (AvgIpc) is 2.65. The van der Waals surface area contributed by atoms with Gasteiger partial charge < -0.3 is 20.4 Å². The number of benzene rings is 2. The van der Waals surface area contributed by atoms with Gasteiger partial charge in [-0.05, 0) is 17.7 Å². The van der Waals surface area contributed by atoms with Crippen LogP contribution in [-0.4, -0.2) is 51.6 Å². The molecule has 6 heteroatoms. The summed E-state index contributed by atoms with van der Waals surface area (Å²) in [5, 5.41) is 43.7. The molecule has 2 rings (SSSR count). The molecule has 0 radical (unpaired) electrons. The molecule has 0 heterocycles. The SMILES string of the molecule is OC[C@@H](O)[C@@H](O)[C@H](O)C=NN(Cc1ccccc1)c1ccccc1. The molecule has 0 aliphatic heterocycles. The zero-order valence-corrected chi connectivity index (χ0v) is 13.2. The van der Waals surface area contributed by atoms with Crippen LogP contribution in [0.2, 0.25) is 0 Å². The lowest BCUT2D eigenvalue weighted by Crippen LogP contribution is -2.40. The highest BCUT2D eigenvalue weighted by atomic mass is 16.4. The van der Waals surface area contributed by atoms with Crippen molar-refractivity contribution in [2.24, 2.45) is 5.10 Å². The number of aliphatic hydroxyl groups is 4. The Morgan fingerprint density at radius 3 is 2.08 bits per heavy atom. The summed E-state index contributed by atoms with van der Waals surface area (Å²) in [6, 6.07) is 19.1. The Kier molecular flexibility index (Phi) is 6.89. The molecule has 0 aliphatic rings. The number of para-hydroxylation sites is 1. The van der Waals surface area contributed by atoms with Crippen molar-refractivity contribution < 1.29 is 20.4 Å². The van der Waals surface area contributed by atoms with E-state index in [1.54, 1.807) is 5.01 Å². The number of nitrogens with zero attached hydrogens (tertiary/aromatic N) is 2. The number of hydrazone groups is 1. The molecule has 3 atom stereocenters. The maximum atomic E-state index is 9.88. The van der Waals surface area contributed by atoms with Crippen LogP contribution in [0.15, 0.2) is 65.8 Å². The second-order valence-corrected chi connectivity index (χ2v) is 5.37. The molecule has 0 fully saturated rings. The fourth-order valence-corrected chi connectivity index (χ4v) is 2.13. The van der Waals surface area contributed by atoms with Gasteiger partial charge in [0.05, 0.1) is 25.1 Å². The van der Waals surface area contributed by atoms with Gasteiger partial charge in [0.25, 0.3) is 0 Å². The van der Waals surface area contributed by atoms with Gasteiger partial charge in [-0.3, -0.25) is 5.01 Å². The van der Waals surface area contributed by atoms with Crippen molar-refractivity contribution in [2.75, 3.05) is 11.6 Å². The molecule has 0 bridgehead atoms. The first-order valence-electron chi connectivity index (χ1n) is 7.67. The van der Waals surface area contributed by atoms with Crippen molar-refractivity contribution in [3.05, 3.63) is 66.2 Å². The summed E-state index contributed by atoms with van der Waals surface area (Å²) in [5.41, 5.74) is 1.85. The van der Waals surface area contributed by atoms with Gasteiger partial charge in [0.1, 0.15) is 18.3 Å². The van der Waals surface area contributed by atoms with Crippen LogP contribution in [-0.2, 0) is 6.54 Å². The Labute approximate surface area is 140 Å². The number of aliphatic hydroxyl groups excluding tert-OH is 4. The molecule has 0 amide bonds. The topological polar surface area (TPSA) is 96.5 Å². The zero-order valence-electron chi connectivity index (χ0n) is 13.2. The van der Waals surface area contributed by atoms with E-state index < -0.39 is 24.9 Å². The maximum Gasteiger partial charge on any atom is 0.119 e. The first kappa shape index (κ1) is 18.1. The second kappa shape index (κ2) is 9.14. The quantitative estimate of drug-likeness (QED) is 0.423. The smallest absolute Gasteiger partial charge is 0.119 e. The lowest BCUT2D eigenvalue weighted by atomic mass is 10.1. The zero-order chi connectivity index (χ0) is 17.4. The van der Waals surface area contributed by atoms with Crippen molar-refractivity contribution in [3.8, 4) is 0 Å². The van der Waals surface area contributed by atoms with Gasteiger partial charge in [-0.1, -0.05) is 48.5 Å². The second-order valence-electron chi connectivity index (χ2n) is 5.37. The molecule has 4 N–H and O–H groups in total. The van der Waals surface area contributed by atoms with Crippen LogP contribution in [0.5, 0.6) is 0 Å². The van der Waals surface area contributed by atoms with Crippen LogP contribution in [0.3, 0.4) is 0 Å². The van der Waals surface area contributed by atoms with Crippen LogP contribution < -0.4 is 5.01 Å². The molecule has 0 spiro atoms. The predicted molar refractivity (Wildman–Crippen MR) is 92.7 cm³/mol. The van der Waals surface area contributed by atoms with E-state index in [9.17, 15) is 15.3 Å². The maximum absolute atomic E-state index is 9.88. The highest BCUT2D eigenvalue weighted by molar-refractivity contribution is 5.66. The Hall–Kier alpha value is -2.25. The van der Waals surface area contributed by atoms with Gasteiger partial charge in [-0.15, -0.1) is 0 Å². The predicted octanol–water partition coefficient (Wildman–Crippen LogP) is 0.754. The average molecular weight is 330 g/mol. The first-order valence-corrected chi connectivity index (χ1v) is 7.67. The third-order valence-corrected chi connectivity index (χ3v) is 3.52. The first-order chi connectivity index (χ1) is 11.6. The number of hydrogen-bond donors (Lipinski definition) is 4. The molecule has 2 aromatic rings. The minimum absolute atomic E-state index is 0.479. The van der Waals surface area contributed by atoms with E-state index in [2.05, 4.69) is 5.10 Å². The summed E-state index contributed by atoms with van der Waals surface area (Å²) < 4.78 is 0. The molecule has 0 aromatic heterocycles. The summed E-state index contributed by atoms with van der Waals surface area (Å²) in [6.45, 7) is -0.162. The molecule has 24 heavy (non-hydrogen) atoms. The van der Waals surface area contributed by atoms with E-state index in [-0.39, 0.29) is 0 Å². The van der Waals surface area contributed by atoms with Gasteiger partial charge in [0, 0.05) is 0 Å².